The van der Waals surface area contributed by atoms with Crippen LogP contribution in [0.5, 0.6) is 0 Å². The van der Waals surface area contributed by atoms with Gasteiger partial charge in [0.1, 0.15) is 0 Å². The molecule has 0 atom stereocenters. The Bertz CT molecular complexity index is 657. The lowest BCUT2D eigenvalue weighted by Crippen LogP contribution is -2.37. The number of benzene rings is 1. The van der Waals surface area contributed by atoms with Gasteiger partial charge in [-0.1, -0.05) is 30.3 Å². The van der Waals surface area contributed by atoms with Crippen molar-refractivity contribution in [2.24, 2.45) is 9.98 Å². The van der Waals surface area contributed by atoms with Crippen LogP contribution < -0.4 is 10.6 Å². The summed E-state index contributed by atoms with van der Waals surface area (Å²) >= 11 is 0. The first-order valence-corrected chi connectivity index (χ1v) is 6.25. The monoisotopic (exact) mass is 267 g/mol. The number of guanidine groups is 1. The molecule has 3 N–H and O–H groups in total. The first-order chi connectivity index (χ1) is 9.74. The van der Waals surface area contributed by atoms with Crippen molar-refractivity contribution in [2.45, 2.75) is 6.54 Å². The van der Waals surface area contributed by atoms with Crippen LogP contribution in [-0.2, 0) is 11.3 Å². The Labute approximate surface area is 115 Å². The van der Waals surface area contributed by atoms with Gasteiger partial charge in [0.05, 0.1) is 5.57 Å². The Morgan fingerprint density at radius 3 is 2.80 bits per heavy atom. The van der Waals surface area contributed by atoms with E-state index in [9.17, 15) is 4.79 Å². The summed E-state index contributed by atoms with van der Waals surface area (Å²) < 4.78 is 0. The van der Waals surface area contributed by atoms with E-state index in [2.05, 4.69) is 20.6 Å². The molecule has 0 aromatic heterocycles. The minimum Gasteiger partial charge on any atom is -0.309 e. The first-order valence-electron chi connectivity index (χ1n) is 6.25. The van der Waals surface area contributed by atoms with E-state index in [-0.39, 0.29) is 11.9 Å². The maximum atomic E-state index is 11.8. The molecule has 0 saturated carbocycles. The molecule has 1 aromatic rings. The number of hydrogen-bond donors (Lipinski definition) is 3. The number of amidine groups is 1. The normalized spacial score (nSPS) is 17.1. The third kappa shape index (κ3) is 2.41. The van der Waals surface area contributed by atoms with Gasteiger partial charge in [-0.15, -0.1) is 0 Å². The summed E-state index contributed by atoms with van der Waals surface area (Å²) in [6.07, 6.45) is 1.63. The largest absolute Gasteiger partial charge is 0.309 e. The van der Waals surface area contributed by atoms with Gasteiger partial charge in [0.15, 0.2) is 5.84 Å². The molecule has 2 heterocycles. The zero-order chi connectivity index (χ0) is 13.9. The molecule has 0 spiro atoms. The first kappa shape index (κ1) is 12.4. The Balaban J connectivity index is 1.69. The summed E-state index contributed by atoms with van der Waals surface area (Å²) in [5.41, 5.74) is 2.43. The van der Waals surface area contributed by atoms with Crippen LogP contribution in [0, 0.1) is 5.41 Å². The highest BCUT2D eigenvalue weighted by molar-refractivity contribution is 6.35. The highest BCUT2D eigenvalue weighted by atomic mass is 16.2. The van der Waals surface area contributed by atoms with E-state index in [0.717, 1.165) is 12.1 Å². The molecule has 0 unspecified atom stereocenters. The standard InChI is InChI=1S/C14H13N5O/c15-14-18-12-11(13(20)19-14)10(8-17-12)7-16-6-9-4-2-1-3-5-9/h1-5,8,16H,6-7H2,(H2,15,19,20). The molecule has 0 aliphatic carbocycles. The number of amides is 1. The van der Waals surface area contributed by atoms with Crippen LogP contribution in [0.4, 0.5) is 0 Å². The number of carbonyl (C=O) groups excluding carboxylic acids is 1. The van der Waals surface area contributed by atoms with Gasteiger partial charge in [-0.2, -0.15) is 4.99 Å². The third-order valence-corrected chi connectivity index (χ3v) is 3.05. The minimum atomic E-state index is -0.311. The molecule has 1 aromatic carbocycles. The van der Waals surface area contributed by atoms with Gasteiger partial charge in [-0.05, 0) is 5.56 Å². The molecular formula is C14H13N5O. The second kappa shape index (κ2) is 5.18. The van der Waals surface area contributed by atoms with Crippen LogP contribution >= 0.6 is 0 Å². The summed E-state index contributed by atoms with van der Waals surface area (Å²) in [6, 6.07) is 10.0. The molecule has 6 heteroatoms. The fourth-order valence-corrected chi connectivity index (χ4v) is 2.12. The highest BCUT2D eigenvalue weighted by Crippen LogP contribution is 2.16. The molecular weight excluding hydrogens is 254 g/mol. The van der Waals surface area contributed by atoms with Gasteiger partial charge in [0.25, 0.3) is 5.91 Å². The Morgan fingerprint density at radius 1 is 1.20 bits per heavy atom. The maximum Gasteiger partial charge on any atom is 0.262 e. The predicted molar refractivity (Wildman–Crippen MR) is 77.0 cm³/mol. The van der Waals surface area contributed by atoms with Crippen molar-refractivity contribution in [3.63, 3.8) is 0 Å². The second-order valence-corrected chi connectivity index (χ2v) is 4.49. The third-order valence-electron chi connectivity index (χ3n) is 3.05. The van der Waals surface area contributed by atoms with Crippen LogP contribution in [0.1, 0.15) is 5.56 Å². The number of nitrogens with one attached hydrogen (secondary N) is 3. The average molecular weight is 267 g/mol. The van der Waals surface area contributed by atoms with Gasteiger partial charge in [-0.25, -0.2) is 4.99 Å². The summed E-state index contributed by atoms with van der Waals surface area (Å²) in [7, 11) is 0. The van der Waals surface area contributed by atoms with Gasteiger partial charge in [-0.3, -0.25) is 15.5 Å². The molecule has 100 valence electrons. The zero-order valence-corrected chi connectivity index (χ0v) is 10.7. The maximum absolute atomic E-state index is 11.8. The number of rotatable bonds is 4. The fraction of sp³-hybridized carbons (Fsp3) is 0.143. The lowest BCUT2D eigenvalue weighted by Gasteiger charge is -2.12. The fourth-order valence-electron chi connectivity index (χ4n) is 2.12. The van der Waals surface area contributed by atoms with Crippen molar-refractivity contribution in [1.29, 1.82) is 5.41 Å². The summed E-state index contributed by atoms with van der Waals surface area (Å²) in [4.78, 5) is 19.8. The van der Waals surface area contributed by atoms with Crippen LogP contribution in [0.25, 0.3) is 0 Å². The van der Waals surface area contributed by atoms with Crippen molar-refractivity contribution >= 4 is 23.9 Å². The second-order valence-electron chi connectivity index (χ2n) is 4.49. The van der Waals surface area contributed by atoms with Crippen molar-refractivity contribution < 1.29 is 4.79 Å². The number of aliphatic imine (C=N–C) groups is 2. The van der Waals surface area contributed by atoms with Crippen molar-refractivity contribution in [1.82, 2.24) is 10.6 Å². The average Bonchev–Trinajstić information content (AvgIpc) is 2.83. The van der Waals surface area contributed by atoms with Gasteiger partial charge in [0.2, 0.25) is 5.96 Å². The van der Waals surface area contributed by atoms with Crippen LogP contribution in [0.3, 0.4) is 0 Å². The molecule has 2 aliphatic rings. The number of carbonyl (C=O) groups is 1. The Hall–Kier alpha value is -2.60. The smallest absolute Gasteiger partial charge is 0.262 e. The van der Waals surface area contributed by atoms with E-state index < -0.39 is 0 Å². The van der Waals surface area contributed by atoms with Gasteiger partial charge in [0, 0.05) is 24.9 Å². The molecule has 3 rings (SSSR count). The van der Waals surface area contributed by atoms with Crippen LogP contribution in [0.15, 0.2) is 51.5 Å². The van der Waals surface area contributed by atoms with Gasteiger partial charge >= 0.3 is 0 Å². The highest BCUT2D eigenvalue weighted by Gasteiger charge is 2.28. The summed E-state index contributed by atoms with van der Waals surface area (Å²) in [5.74, 6) is -0.145. The summed E-state index contributed by atoms with van der Waals surface area (Å²) in [5, 5.41) is 13.0. The molecule has 20 heavy (non-hydrogen) atoms. The Morgan fingerprint density at radius 2 is 2.00 bits per heavy atom. The molecule has 0 fully saturated rings. The lowest BCUT2D eigenvalue weighted by atomic mass is 10.1. The SMILES string of the molecule is N=C1N=C2N=CC(CNCc3ccccc3)=C2C(=O)N1. The van der Waals surface area contributed by atoms with E-state index in [0.29, 0.717) is 18.0 Å². The quantitative estimate of drug-likeness (QED) is 0.746. The number of nitrogens with zero attached hydrogens (tertiary/aromatic N) is 2. The van der Waals surface area contributed by atoms with Crippen molar-refractivity contribution in [3.8, 4) is 0 Å². The molecule has 0 bridgehead atoms. The predicted octanol–water partition coefficient (Wildman–Crippen LogP) is 0.620. The molecule has 6 nitrogen and oxygen atoms in total. The van der Waals surface area contributed by atoms with E-state index in [1.807, 2.05) is 30.3 Å². The van der Waals surface area contributed by atoms with Crippen LogP contribution in [0.2, 0.25) is 0 Å². The number of fused-ring (bicyclic) bond motifs is 1. The molecule has 2 aliphatic heterocycles. The zero-order valence-electron chi connectivity index (χ0n) is 10.7. The van der Waals surface area contributed by atoms with Gasteiger partial charge < -0.3 is 5.32 Å². The van der Waals surface area contributed by atoms with E-state index >= 15 is 0 Å². The molecule has 0 radical (unpaired) electrons. The van der Waals surface area contributed by atoms with E-state index in [1.165, 1.54) is 5.56 Å². The van der Waals surface area contributed by atoms with Crippen LogP contribution in [-0.4, -0.2) is 30.5 Å². The minimum absolute atomic E-state index is 0.163. The molecule has 0 saturated heterocycles. The van der Waals surface area contributed by atoms with Crippen molar-refractivity contribution in [2.75, 3.05) is 6.54 Å². The Kier molecular flexibility index (Phi) is 3.22. The summed E-state index contributed by atoms with van der Waals surface area (Å²) in [6.45, 7) is 1.25. The van der Waals surface area contributed by atoms with E-state index in [1.54, 1.807) is 6.21 Å². The lowest BCUT2D eigenvalue weighted by molar-refractivity contribution is -0.115. The van der Waals surface area contributed by atoms with E-state index in [4.69, 9.17) is 5.41 Å². The number of hydrogen-bond acceptors (Lipinski definition) is 4. The topological polar surface area (TPSA) is 89.7 Å². The van der Waals surface area contributed by atoms with Crippen molar-refractivity contribution in [3.05, 3.63) is 47.0 Å². The molecule has 1 amide bonds.